The molecule has 1 aliphatic heterocycles. The molecule has 1 aliphatic rings. The van der Waals surface area contributed by atoms with E-state index in [1.54, 1.807) is 35.2 Å². The molecule has 4 aromatic carbocycles. The van der Waals surface area contributed by atoms with Gasteiger partial charge in [0.15, 0.2) is 0 Å². The van der Waals surface area contributed by atoms with Crippen molar-refractivity contribution in [1.82, 2.24) is 10.2 Å². The Morgan fingerprint density at radius 1 is 0.854 bits per heavy atom. The van der Waals surface area contributed by atoms with Crippen LogP contribution in [0.5, 0.6) is 0 Å². The molecule has 1 heterocycles. The molecule has 7 heteroatoms. The topological polar surface area (TPSA) is 69.6 Å². The van der Waals surface area contributed by atoms with Gasteiger partial charge in [-0.05, 0) is 59.7 Å². The number of nitrogens with one attached hydrogen (secondary N) is 1. The molecule has 0 spiro atoms. The van der Waals surface area contributed by atoms with Crippen LogP contribution in [0.1, 0.15) is 51.0 Å². The van der Waals surface area contributed by atoms with Crippen LogP contribution in [-0.2, 0) is 17.6 Å². The highest BCUT2D eigenvalue weighted by Gasteiger charge is 2.47. The Labute approximate surface area is 250 Å². The van der Waals surface area contributed by atoms with Crippen molar-refractivity contribution in [2.24, 2.45) is 0 Å². The first-order chi connectivity index (χ1) is 20.0. The van der Waals surface area contributed by atoms with Crippen molar-refractivity contribution >= 4 is 35.0 Å². The number of rotatable bonds is 10. The summed E-state index contributed by atoms with van der Waals surface area (Å²) < 4.78 is 0. The van der Waals surface area contributed by atoms with Gasteiger partial charge in [0, 0.05) is 22.2 Å². The molecule has 210 valence electrons. The first-order valence-electron chi connectivity index (χ1n) is 13.8. The number of carbonyl (C=O) groups is 2. The molecule has 5 nitrogen and oxygen atoms in total. The standard InChI is InChI=1S/C34H32Cl2N2O3/c35-25-17-18-29(30(36)21-25)32-31(33(40)37-19-9-14-23-10-3-1-4-11-23)27-15-7-8-16-28(27)34(41)38(32)26(22-39)20-24-12-5-2-6-13-24/h1-8,10-13,15-18,21,26,31-32,39H,9,14,19-20,22H2,(H,37,40)/t26-,31+,32-/m0/s1. The zero-order valence-corrected chi connectivity index (χ0v) is 24.1. The lowest BCUT2D eigenvalue weighted by molar-refractivity contribution is -0.124. The van der Waals surface area contributed by atoms with Gasteiger partial charge >= 0.3 is 0 Å². The van der Waals surface area contributed by atoms with Crippen molar-refractivity contribution in [1.29, 1.82) is 0 Å². The van der Waals surface area contributed by atoms with E-state index >= 15 is 0 Å². The first kappa shape index (κ1) is 28.9. The molecular formula is C34H32Cl2N2O3. The number of hydrogen-bond acceptors (Lipinski definition) is 3. The summed E-state index contributed by atoms with van der Waals surface area (Å²) in [6.07, 6.45) is 2.02. The minimum atomic E-state index is -0.753. The third-order valence-electron chi connectivity index (χ3n) is 7.64. The molecule has 0 aromatic heterocycles. The lowest BCUT2D eigenvalue weighted by atomic mass is 9.78. The lowest BCUT2D eigenvalue weighted by Gasteiger charge is -2.45. The molecule has 2 N–H and O–H groups in total. The van der Waals surface area contributed by atoms with Gasteiger partial charge in [0.2, 0.25) is 5.91 Å². The second kappa shape index (κ2) is 13.3. The Bertz CT molecular complexity index is 1500. The van der Waals surface area contributed by atoms with E-state index in [0.717, 1.165) is 18.4 Å². The van der Waals surface area contributed by atoms with Gasteiger partial charge in [-0.15, -0.1) is 0 Å². The number of fused-ring (bicyclic) bond motifs is 1. The summed E-state index contributed by atoms with van der Waals surface area (Å²) in [6, 6.07) is 30.8. The molecule has 0 unspecified atom stereocenters. The predicted molar refractivity (Wildman–Crippen MR) is 163 cm³/mol. The van der Waals surface area contributed by atoms with E-state index in [9.17, 15) is 14.7 Å². The number of aliphatic hydroxyl groups excluding tert-OH is 1. The quantitative estimate of drug-likeness (QED) is 0.205. The van der Waals surface area contributed by atoms with E-state index in [1.165, 1.54) is 5.56 Å². The van der Waals surface area contributed by atoms with Crippen LogP contribution < -0.4 is 5.32 Å². The van der Waals surface area contributed by atoms with Crippen molar-refractivity contribution in [3.63, 3.8) is 0 Å². The average molecular weight is 588 g/mol. The van der Waals surface area contributed by atoms with Gasteiger partial charge in [-0.2, -0.15) is 0 Å². The maximum absolute atomic E-state index is 14.2. The molecule has 0 aliphatic carbocycles. The third-order valence-corrected chi connectivity index (χ3v) is 8.20. The van der Waals surface area contributed by atoms with Crippen LogP contribution in [0.2, 0.25) is 10.0 Å². The van der Waals surface area contributed by atoms with Gasteiger partial charge in [-0.3, -0.25) is 9.59 Å². The summed E-state index contributed by atoms with van der Waals surface area (Å²) in [6.45, 7) is 0.199. The Morgan fingerprint density at radius 2 is 1.51 bits per heavy atom. The first-order valence-corrected chi connectivity index (χ1v) is 14.6. The van der Waals surface area contributed by atoms with E-state index < -0.39 is 18.0 Å². The molecule has 3 atom stereocenters. The largest absolute Gasteiger partial charge is 0.394 e. The monoisotopic (exact) mass is 586 g/mol. The number of aryl methyl sites for hydroxylation is 1. The van der Waals surface area contributed by atoms with Crippen molar-refractivity contribution < 1.29 is 14.7 Å². The molecular weight excluding hydrogens is 555 g/mol. The molecule has 5 rings (SSSR count). The van der Waals surface area contributed by atoms with Crippen LogP contribution in [0.3, 0.4) is 0 Å². The number of benzene rings is 4. The van der Waals surface area contributed by atoms with Gasteiger partial charge in [0.25, 0.3) is 5.91 Å². The Balaban J connectivity index is 1.53. The van der Waals surface area contributed by atoms with Crippen molar-refractivity contribution in [2.45, 2.75) is 37.3 Å². The number of hydrogen-bond donors (Lipinski definition) is 2. The normalized spacial score (nSPS) is 17.1. The number of aliphatic hydroxyl groups is 1. The number of amides is 2. The van der Waals surface area contributed by atoms with Crippen molar-refractivity contribution in [3.05, 3.63) is 141 Å². The van der Waals surface area contributed by atoms with Crippen LogP contribution in [0.25, 0.3) is 0 Å². The summed E-state index contributed by atoms with van der Waals surface area (Å²) in [5, 5.41) is 14.6. The SMILES string of the molecule is O=C(NCCCc1ccccc1)[C@@H]1c2ccccc2C(=O)N([C@H](CO)Cc2ccccc2)[C@H]1c1ccc(Cl)cc1Cl. The van der Waals surface area contributed by atoms with E-state index in [1.807, 2.05) is 60.7 Å². The average Bonchev–Trinajstić information content (AvgIpc) is 2.99. The van der Waals surface area contributed by atoms with Crippen LogP contribution >= 0.6 is 23.2 Å². The summed E-state index contributed by atoms with van der Waals surface area (Å²) in [5.74, 6) is -1.20. The zero-order chi connectivity index (χ0) is 28.8. The van der Waals surface area contributed by atoms with Gasteiger partial charge in [-0.1, -0.05) is 108 Å². The summed E-state index contributed by atoms with van der Waals surface area (Å²) in [4.78, 5) is 29.9. The van der Waals surface area contributed by atoms with Crippen LogP contribution in [0, 0.1) is 0 Å². The number of halogens is 2. The summed E-state index contributed by atoms with van der Waals surface area (Å²) in [7, 11) is 0. The van der Waals surface area contributed by atoms with E-state index in [-0.39, 0.29) is 18.4 Å². The molecule has 0 saturated carbocycles. The fraction of sp³-hybridized carbons (Fsp3) is 0.235. The van der Waals surface area contributed by atoms with E-state index in [2.05, 4.69) is 17.4 Å². The second-order valence-electron chi connectivity index (χ2n) is 10.3. The van der Waals surface area contributed by atoms with Crippen LogP contribution in [-0.4, -0.2) is 41.0 Å². The minimum absolute atomic E-state index is 0.199. The molecule has 0 fully saturated rings. The lowest BCUT2D eigenvalue weighted by Crippen LogP contribution is -2.53. The fourth-order valence-corrected chi connectivity index (χ4v) is 6.22. The van der Waals surface area contributed by atoms with E-state index in [0.29, 0.717) is 39.7 Å². The highest BCUT2D eigenvalue weighted by Crippen LogP contribution is 2.46. The predicted octanol–water partition coefficient (Wildman–Crippen LogP) is 6.63. The third kappa shape index (κ3) is 6.48. The summed E-state index contributed by atoms with van der Waals surface area (Å²) in [5.41, 5.74) is 3.88. The maximum atomic E-state index is 14.2. The van der Waals surface area contributed by atoms with Gasteiger partial charge in [0.1, 0.15) is 0 Å². The maximum Gasteiger partial charge on any atom is 0.255 e. The van der Waals surface area contributed by atoms with Gasteiger partial charge in [0.05, 0.1) is 24.6 Å². The van der Waals surface area contributed by atoms with Gasteiger partial charge < -0.3 is 15.3 Å². The molecule has 41 heavy (non-hydrogen) atoms. The molecule has 2 amide bonds. The van der Waals surface area contributed by atoms with Gasteiger partial charge in [-0.25, -0.2) is 0 Å². The highest BCUT2D eigenvalue weighted by atomic mass is 35.5. The Hall–Kier alpha value is -3.64. The van der Waals surface area contributed by atoms with E-state index in [4.69, 9.17) is 23.2 Å². The molecule has 0 saturated heterocycles. The Morgan fingerprint density at radius 3 is 2.20 bits per heavy atom. The van der Waals surface area contributed by atoms with Crippen LogP contribution in [0.4, 0.5) is 0 Å². The molecule has 4 aromatic rings. The molecule has 0 bridgehead atoms. The number of carbonyl (C=O) groups excluding carboxylic acids is 2. The zero-order valence-electron chi connectivity index (χ0n) is 22.5. The smallest absolute Gasteiger partial charge is 0.255 e. The van der Waals surface area contributed by atoms with Crippen molar-refractivity contribution in [2.75, 3.05) is 13.2 Å². The highest BCUT2D eigenvalue weighted by molar-refractivity contribution is 6.35. The van der Waals surface area contributed by atoms with Crippen LogP contribution in [0.15, 0.2) is 103 Å². The van der Waals surface area contributed by atoms with Crippen molar-refractivity contribution in [3.8, 4) is 0 Å². The number of nitrogens with zero attached hydrogens (tertiary/aromatic N) is 1. The Kier molecular flexibility index (Phi) is 9.40. The summed E-state index contributed by atoms with van der Waals surface area (Å²) >= 11 is 13.0. The minimum Gasteiger partial charge on any atom is -0.394 e. The second-order valence-corrected chi connectivity index (χ2v) is 11.1. The fourth-order valence-electron chi connectivity index (χ4n) is 5.70. The molecule has 0 radical (unpaired) electrons.